The minimum absolute atomic E-state index is 0.231. The maximum atomic E-state index is 13.3. The van der Waals surface area contributed by atoms with Gasteiger partial charge >= 0.3 is 0 Å². The van der Waals surface area contributed by atoms with Crippen LogP contribution in [0.2, 0.25) is 0 Å². The number of anilines is 2. The number of nitriles is 1. The molecule has 198 valence electrons. The zero-order valence-electron chi connectivity index (χ0n) is 21.5. The van der Waals surface area contributed by atoms with Gasteiger partial charge in [0.2, 0.25) is 16.9 Å². The van der Waals surface area contributed by atoms with E-state index in [0.717, 1.165) is 22.7 Å². The number of hydrogen-bond donors (Lipinski definition) is 2. The van der Waals surface area contributed by atoms with Gasteiger partial charge in [-0.25, -0.2) is 15.0 Å². The van der Waals surface area contributed by atoms with Crippen molar-refractivity contribution in [2.75, 3.05) is 5.32 Å². The van der Waals surface area contributed by atoms with Crippen LogP contribution in [-0.2, 0) is 0 Å². The van der Waals surface area contributed by atoms with Crippen molar-refractivity contribution in [3.8, 4) is 28.7 Å². The Kier molecular flexibility index (Phi) is 7.43. The predicted molar refractivity (Wildman–Crippen MR) is 146 cm³/mol. The van der Waals surface area contributed by atoms with Crippen LogP contribution in [0.25, 0.3) is 22.6 Å². The highest BCUT2D eigenvalue weighted by molar-refractivity contribution is 7.06. The highest BCUT2D eigenvalue weighted by atomic mass is 32.1. The summed E-state index contributed by atoms with van der Waals surface area (Å²) >= 11 is 0.988. The van der Waals surface area contributed by atoms with Crippen molar-refractivity contribution < 1.29 is 9.18 Å². The summed E-state index contributed by atoms with van der Waals surface area (Å²) in [4.78, 5) is 38.5. The third-order valence-electron chi connectivity index (χ3n) is 5.83. The molecule has 5 aromatic heterocycles. The minimum atomic E-state index is -0.538. The number of aryl methyl sites for hydroxylation is 2. The lowest BCUT2D eigenvalue weighted by Crippen LogP contribution is -2.27. The smallest absolute Gasteiger partial charge is 0.270 e. The van der Waals surface area contributed by atoms with E-state index in [1.807, 2.05) is 32.0 Å². The molecule has 40 heavy (non-hydrogen) atoms. The number of nitrogens with one attached hydrogen (secondary N) is 2. The topological polar surface area (TPSA) is 155 Å². The molecule has 0 spiro atoms. The highest BCUT2D eigenvalue weighted by Gasteiger charge is 2.15. The molecular formula is C27H21FN10OS. The lowest BCUT2D eigenvalue weighted by atomic mass is 10.1. The van der Waals surface area contributed by atoms with E-state index in [1.165, 1.54) is 12.3 Å². The standard InChI is InChI=1S/C27H21FN10OS/c1-14-10-23(36-27-37-24(11-29)40-38-27)35-25(32-14)18-5-8-21(31-13-18)26(39)34-15(2)17-4-7-20(30-12-17)19-6-9-22(28)33-16(19)3/h4-10,12-13,15H,1-3H3,(H,34,39)(H,32,35,36,38). The normalized spacial score (nSPS) is 11.5. The second-order valence-corrected chi connectivity index (χ2v) is 9.50. The van der Waals surface area contributed by atoms with Gasteiger partial charge in [0, 0.05) is 41.0 Å². The molecule has 5 aromatic rings. The van der Waals surface area contributed by atoms with E-state index < -0.39 is 5.95 Å². The summed E-state index contributed by atoms with van der Waals surface area (Å²) < 4.78 is 17.4. The molecule has 5 heterocycles. The molecule has 0 bridgehead atoms. The maximum Gasteiger partial charge on any atom is 0.270 e. The highest BCUT2D eigenvalue weighted by Crippen LogP contribution is 2.23. The molecule has 0 aliphatic rings. The number of hydrogen-bond acceptors (Lipinski definition) is 11. The van der Waals surface area contributed by atoms with E-state index in [2.05, 4.69) is 44.9 Å². The summed E-state index contributed by atoms with van der Waals surface area (Å²) in [5.41, 5.74) is 4.29. The van der Waals surface area contributed by atoms with E-state index in [0.29, 0.717) is 34.3 Å². The number of aromatic nitrogens is 7. The van der Waals surface area contributed by atoms with Gasteiger partial charge in [0.15, 0.2) is 5.82 Å². The zero-order chi connectivity index (χ0) is 28.2. The quantitative estimate of drug-likeness (QED) is 0.271. The molecule has 0 fully saturated rings. The van der Waals surface area contributed by atoms with Crippen molar-refractivity contribution in [2.45, 2.75) is 26.8 Å². The fourth-order valence-corrected chi connectivity index (χ4v) is 4.26. The number of nitrogens with zero attached hydrogens (tertiary/aromatic N) is 8. The van der Waals surface area contributed by atoms with Gasteiger partial charge < -0.3 is 10.6 Å². The predicted octanol–water partition coefficient (Wildman–Crippen LogP) is 4.71. The monoisotopic (exact) mass is 552 g/mol. The van der Waals surface area contributed by atoms with Crippen molar-refractivity contribution in [1.29, 1.82) is 5.26 Å². The van der Waals surface area contributed by atoms with Gasteiger partial charge in [0.25, 0.3) is 5.91 Å². The van der Waals surface area contributed by atoms with Crippen molar-refractivity contribution in [1.82, 2.24) is 39.6 Å². The van der Waals surface area contributed by atoms with E-state index in [1.54, 1.807) is 37.4 Å². The van der Waals surface area contributed by atoms with Gasteiger partial charge in [0.1, 0.15) is 17.6 Å². The summed E-state index contributed by atoms with van der Waals surface area (Å²) in [7, 11) is 0. The molecular weight excluding hydrogens is 531 g/mol. The Labute approximate surface area is 232 Å². The average Bonchev–Trinajstić information content (AvgIpc) is 3.40. The largest absolute Gasteiger partial charge is 0.344 e. The first kappa shape index (κ1) is 26.4. The molecule has 0 aliphatic heterocycles. The Morgan fingerprint density at radius 2 is 1.88 bits per heavy atom. The van der Waals surface area contributed by atoms with Crippen molar-refractivity contribution in [3.05, 3.63) is 88.5 Å². The molecule has 11 nitrogen and oxygen atoms in total. The van der Waals surface area contributed by atoms with Crippen molar-refractivity contribution >= 4 is 29.2 Å². The van der Waals surface area contributed by atoms with Crippen LogP contribution in [0.15, 0.2) is 54.9 Å². The molecule has 0 aliphatic carbocycles. The molecule has 1 unspecified atom stereocenters. The first-order chi connectivity index (χ1) is 19.3. The van der Waals surface area contributed by atoms with E-state index >= 15 is 0 Å². The Balaban J connectivity index is 1.25. The molecule has 1 atom stereocenters. The summed E-state index contributed by atoms with van der Waals surface area (Å²) in [5, 5.41) is 15.1. The number of amides is 1. The van der Waals surface area contributed by atoms with Gasteiger partial charge in [-0.15, -0.1) is 0 Å². The molecule has 0 saturated heterocycles. The maximum absolute atomic E-state index is 13.3. The van der Waals surface area contributed by atoms with Crippen LogP contribution < -0.4 is 10.6 Å². The van der Waals surface area contributed by atoms with Gasteiger partial charge in [0.05, 0.1) is 11.7 Å². The summed E-state index contributed by atoms with van der Waals surface area (Å²) in [6.45, 7) is 5.39. The number of carbonyl (C=O) groups excluding carboxylic acids is 1. The summed E-state index contributed by atoms with van der Waals surface area (Å²) in [5.74, 6) is 0.258. The average molecular weight is 553 g/mol. The van der Waals surface area contributed by atoms with Gasteiger partial charge in [-0.3, -0.25) is 14.8 Å². The number of carbonyl (C=O) groups is 1. The summed E-state index contributed by atoms with van der Waals surface area (Å²) in [6.07, 6.45) is 3.20. The van der Waals surface area contributed by atoms with Gasteiger partial charge in [-0.05, 0) is 68.2 Å². The fraction of sp³-hybridized carbons (Fsp3) is 0.148. The second-order valence-electron chi connectivity index (χ2n) is 8.75. The molecule has 2 N–H and O–H groups in total. The third kappa shape index (κ3) is 5.92. The molecule has 0 aromatic carbocycles. The van der Waals surface area contributed by atoms with Crippen LogP contribution in [0.5, 0.6) is 0 Å². The Morgan fingerprint density at radius 1 is 1.02 bits per heavy atom. The molecule has 13 heteroatoms. The van der Waals surface area contributed by atoms with Crippen LogP contribution in [0.1, 0.15) is 45.4 Å². The Morgan fingerprint density at radius 3 is 2.55 bits per heavy atom. The first-order valence-corrected chi connectivity index (χ1v) is 12.8. The van der Waals surface area contributed by atoms with Crippen molar-refractivity contribution in [3.63, 3.8) is 0 Å². The Bertz CT molecular complexity index is 1730. The lowest BCUT2D eigenvalue weighted by molar-refractivity contribution is 0.0935. The molecule has 0 saturated carbocycles. The Hall–Kier alpha value is -5.22. The number of halogens is 1. The van der Waals surface area contributed by atoms with Crippen LogP contribution in [0.3, 0.4) is 0 Å². The third-order valence-corrected chi connectivity index (χ3v) is 6.45. The van der Waals surface area contributed by atoms with Gasteiger partial charge in [-0.1, -0.05) is 6.07 Å². The van der Waals surface area contributed by atoms with Gasteiger partial charge in [-0.2, -0.15) is 19.0 Å². The van der Waals surface area contributed by atoms with E-state index in [9.17, 15) is 9.18 Å². The minimum Gasteiger partial charge on any atom is -0.344 e. The van der Waals surface area contributed by atoms with Crippen LogP contribution in [0, 0.1) is 31.1 Å². The fourth-order valence-electron chi connectivity index (χ4n) is 3.83. The lowest BCUT2D eigenvalue weighted by Gasteiger charge is -2.14. The SMILES string of the molecule is Cc1cc(Nc2nsc(C#N)n2)nc(-c2ccc(C(=O)NC(C)c3ccc(-c4ccc(F)nc4C)nc3)nc2)n1. The molecule has 0 radical (unpaired) electrons. The second kappa shape index (κ2) is 11.3. The molecule has 1 amide bonds. The van der Waals surface area contributed by atoms with Crippen LogP contribution in [-0.4, -0.2) is 40.2 Å². The number of pyridine rings is 3. The van der Waals surface area contributed by atoms with Crippen molar-refractivity contribution in [2.24, 2.45) is 0 Å². The summed E-state index contributed by atoms with van der Waals surface area (Å²) in [6, 6.07) is 13.3. The zero-order valence-corrected chi connectivity index (χ0v) is 22.4. The molecule has 5 rings (SSSR count). The van der Waals surface area contributed by atoms with E-state index in [4.69, 9.17) is 5.26 Å². The number of rotatable bonds is 7. The van der Waals surface area contributed by atoms with Crippen LogP contribution >= 0.6 is 11.5 Å². The van der Waals surface area contributed by atoms with E-state index in [-0.39, 0.29) is 28.6 Å². The first-order valence-electron chi connectivity index (χ1n) is 12.0. The van der Waals surface area contributed by atoms with Crippen LogP contribution in [0.4, 0.5) is 16.2 Å².